The van der Waals surface area contributed by atoms with Crippen LogP contribution < -0.4 is 14.2 Å². The second kappa shape index (κ2) is 8.79. The molecule has 1 aromatic carbocycles. The molecule has 0 aromatic heterocycles. The predicted octanol–water partition coefficient (Wildman–Crippen LogP) is 2.98. The molecule has 0 saturated heterocycles. The maximum atomic E-state index is 5.49. The molecule has 106 valence electrons. The molecule has 5 nitrogen and oxygen atoms in total. The molecule has 1 rings (SSSR count). The Labute approximate surface area is 121 Å². The minimum atomic E-state index is 0.117. The van der Waals surface area contributed by atoms with Crippen LogP contribution >= 0.6 is 15.9 Å². The molecule has 0 bridgehead atoms. The molecule has 0 aliphatic rings. The highest BCUT2D eigenvalue weighted by molar-refractivity contribution is 9.10. The molecule has 0 heterocycles. The molecule has 19 heavy (non-hydrogen) atoms. The maximum absolute atomic E-state index is 5.49. The van der Waals surface area contributed by atoms with Gasteiger partial charge in [0.25, 0.3) is 0 Å². The van der Waals surface area contributed by atoms with Gasteiger partial charge >= 0.3 is 0 Å². The fourth-order valence-corrected chi connectivity index (χ4v) is 1.68. The van der Waals surface area contributed by atoms with E-state index in [0.717, 1.165) is 4.47 Å². The zero-order valence-electron chi connectivity index (χ0n) is 11.0. The summed E-state index contributed by atoms with van der Waals surface area (Å²) in [5, 5.41) is 0. The van der Waals surface area contributed by atoms with Crippen molar-refractivity contribution in [1.82, 2.24) is 0 Å². The predicted molar refractivity (Wildman–Crippen MR) is 74.8 cm³/mol. The SMILES string of the molecule is C=CCOc1cc(OCOC)c(OCOC)cc1Br. The number of rotatable bonds is 9. The lowest BCUT2D eigenvalue weighted by Crippen LogP contribution is -2.05. The topological polar surface area (TPSA) is 46.2 Å². The highest BCUT2D eigenvalue weighted by Gasteiger charge is 2.12. The fourth-order valence-electron chi connectivity index (χ4n) is 1.25. The van der Waals surface area contributed by atoms with Crippen LogP contribution in [0.4, 0.5) is 0 Å². The molecule has 0 spiro atoms. The van der Waals surface area contributed by atoms with E-state index in [-0.39, 0.29) is 13.6 Å². The lowest BCUT2D eigenvalue weighted by Gasteiger charge is -2.14. The minimum Gasteiger partial charge on any atom is -0.488 e. The largest absolute Gasteiger partial charge is 0.488 e. The monoisotopic (exact) mass is 332 g/mol. The van der Waals surface area contributed by atoms with Crippen LogP contribution in [-0.2, 0) is 9.47 Å². The van der Waals surface area contributed by atoms with Crippen LogP contribution in [0.15, 0.2) is 29.3 Å². The summed E-state index contributed by atoms with van der Waals surface area (Å²) in [5.74, 6) is 1.69. The lowest BCUT2D eigenvalue weighted by atomic mass is 10.3. The first-order chi connectivity index (χ1) is 9.22. The van der Waals surface area contributed by atoms with Crippen LogP contribution in [0.3, 0.4) is 0 Å². The Morgan fingerprint density at radius 2 is 1.58 bits per heavy atom. The van der Waals surface area contributed by atoms with Gasteiger partial charge in [-0.05, 0) is 15.9 Å². The number of ether oxygens (including phenoxy) is 5. The van der Waals surface area contributed by atoms with Gasteiger partial charge in [0, 0.05) is 26.4 Å². The second-order valence-electron chi connectivity index (χ2n) is 3.43. The van der Waals surface area contributed by atoms with E-state index >= 15 is 0 Å². The summed E-state index contributed by atoms with van der Waals surface area (Å²) in [6, 6.07) is 3.47. The van der Waals surface area contributed by atoms with Gasteiger partial charge in [0.2, 0.25) is 0 Å². The highest BCUT2D eigenvalue weighted by atomic mass is 79.9. The van der Waals surface area contributed by atoms with E-state index in [9.17, 15) is 0 Å². The number of halogens is 1. The van der Waals surface area contributed by atoms with Crippen LogP contribution in [-0.4, -0.2) is 34.4 Å². The van der Waals surface area contributed by atoms with Crippen LogP contribution in [0.1, 0.15) is 0 Å². The Morgan fingerprint density at radius 3 is 2.11 bits per heavy atom. The summed E-state index contributed by atoms with van der Waals surface area (Å²) in [6.45, 7) is 4.25. The Morgan fingerprint density at radius 1 is 1.00 bits per heavy atom. The Bertz CT molecular complexity index is 408. The van der Waals surface area contributed by atoms with E-state index in [2.05, 4.69) is 22.5 Å². The van der Waals surface area contributed by atoms with Gasteiger partial charge < -0.3 is 23.7 Å². The Kier molecular flexibility index (Phi) is 7.32. The van der Waals surface area contributed by atoms with Crippen molar-refractivity contribution in [1.29, 1.82) is 0 Å². The summed E-state index contributed by atoms with van der Waals surface area (Å²) < 4.78 is 26.8. The van der Waals surface area contributed by atoms with Gasteiger partial charge in [0.1, 0.15) is 12.4 Å². The third-order valence-electron chi connectivity index (χ3n) is 2.02. The van der Waals surface area contributed by atoms with Gasteiger partial charge in [0.05, 0.1) is 4.47 Å². The van der Waals surface area contributed by atoms with Gasteiger partial charge in [-0.15, -0.1) is 0 Å². The molecule has 0 atom stereocenters. The molecule has 0 amide bonds. The van der Waals surface area contributed by atoms with Crippen molar-refractivity contribution < 1.29 is 23.7 Å². The number of hydrogen-bond donors (Lipinski definition) is 0. The number of hydrogen-bond acceptors (Lipinski definition) is 5. The van der Waals surface area contributed by atoms with Crippen molar-refractivity contribution in [3.8, 4) is 17.2 Å². The molecular weight excluding hydrogens is 316 g/mol. The standard InChI is InChI=1S/C13H17BrO5/c1-4-5-17-11-7-13(19-9-16-3)12(6-10(11)14)18-8-15-2/h4,6-7H,1,5,8-9H2,2-3H3. The van der Waals surface area contributed by atoms with E-state index < -0.39 is 0 Å². The summed E-state index contributed by atoms with van der Waals surface area (Å²) in [6.07, 6.45) is 1.66. The van der Waals surface area contributed by atoms with Crippen molar-refractivity contribution in [3.63, 3.8) is 0 Å². The van der Waals surface area contributed by atoms with E-state index in [1.165, 1.54) is 0 Å². The zero-order valence-corrected chi connectivity index (χ0v) is 12.6. The first-order valence-corrected chi connectivity index (χ1v) is 6.33. The lowest BCUT2D eigenvalue weighted by molar-refractivity contribution is 0.0320. The molecule has 6 heteroatoms. The molecule has 0 fully saturated rings. The summed E-state index contributed by atoms with van der Waals surface area (Å²) in [5.41, 5.74) is 0. The van der Waals surface area contributed by atoms with E-state index in [0.29, 0.717) is 23.9 Å². The first kappa shape index (κ1) is 15.8. The van der Waals surface area contributed by atoms with Crippen molar-refractivity contribution in [2.24, 2.45) is 0 Å². The fraction of sp³-hybridized carbons (Fsp3) is 0.385. The molecule has 0 aliphatic heterocycles. The van der Waals surface area contributed by atoms with Crippen LogP contribution in [0.5, 0.6) is 17.2 Å². The summed E-state index contributed by atoms with van der Waals surface area (Å²) >= 11 is 3.40. The van der Waals surface area contributed by atoms with Gasteiger partial charge in [0.15, 0.2) is 25.1 Å². The molecular formula is C13H17BrO5. The van der Waals surface area contributed by atoms with Gasteiger partial charge in [-0.25, -0.2) is 0 Å². The average molecular weight is 333 g/mol. The second-order valence-corrected chi connectivity index (χ2v) is 4.29. The highest BCUT2D eigenvalue weighted by Crippen LogP contribution is 2.38. The third-order valence-corrected chi connectivity index (χ3v) is 2.64. The Balaban J connectivity index is 2.94. The first-order valence-electron chi connectivity index (χ1n) is 5.53. The average Bonchev–Trinajstić information content (AvgIpc) is 2.42. The molecule has 0 unspecified atom stereocenters. The zero-order chi connectivity index (χ0) is 14.1. The Hall–Kier alpha value is -1.24. The van der Waals surface area contributed by atoms with E-state index in [1.54, 1.807) is 32.4 Å². The minimum absolute atomic E-state index is 0.117. The van der Waals surface area contributed by atoms with Crippen molar-refractivity contribution >= 4 is 15.9 Å². The van der Waals surface area contributed by atoms with Crippen molar-refractivity contribution in [3.05, 3.63) is 29.3 Å². The summed E-state index contributed by atoms with van der Waals surface area (Å²) in [7, 11) is 3.09. The molecule has 0 N–H and O–H groups in total. The van der Waals surface area contributed by atoms with Crippen LogP contribution in [0, 0.1) is 0 Å². The smallest absolute Gasteiger partial charge is 0.188 e. The third kappa shape index (κ3) is 5.10. The van der Waals surface area contributed by atoms with Gasteiger partial charge in [-0.3, -0.25) is 0 Å². The molecule has 0 aliphatic carbocycles. The molecule has 1 aromatic rings. The van der Waals surface area contributed by atoms with Crippen LogP contribution in [0.25, 0.3) is 0 Å². The molecule has 0 radical (unpaired) electrons. The van der Waals surface area contributed by atoms with Gasteiger partial charge in [-0.1, -0.05) is 12.7 Å². The van der Waals surface area contributed by atoms with Crippen molar-refractivity contribution in [2.45, 2.75) is 0 Å². The molecule has 0 saturated carbocycles. The van der Waals surface area contributed by atoms with Gasteiger partial charge in [-0.2, -0.15) is 0 Å². The van der Waals surface area contributed by atoms with E-state index in [1.807, 2.05) is 0 Å². The number of benzene rings is 1. The normalized spacial score (nSPS) is 10.1. The van der Waals surface area contributed by atoms with Crippen molar-refractivity contribution in [2.75, 3.05) is 34.4 Å². The maximum Gasteiger partial charge on any atom is 0.188 e. The summed E-state index contributed by atoms with van der Waals surface area (Å²) in [4.78, 5) is 0. The quantitative estimate of drug-likeness (QED) is 0.514. The van der Waals surface area contributed by atoms with E-state index in [4.69, 9.17) is 23.7 Å². The number of methoxy groups -OCH3 is 2. The van der Waals surface area contributed by atoms with Crippen LogP contribution in [0.2, 0.25) is 0 Å².